The van der Waals surface area contributed by atoms with Crippen LogP contribution >= 0.6 is 0 Å². The number of hydrogen-bond donors (Lipinski definition) is 2. The number of ketones is 1. The molecule has 0 aromatic heterocycles. The van der Waals surface area contributed by atoms with Crippen LogP contribution in [0.2, 0.25) is 0 Å². The second-order valence-electron chi connectivity index (χ2n) is 8.89. The van der Waals surface area contributed by atoms with E-state index in [9.17, 15) is 4.79 Å². The SMILES string of the molecule is O=C1CN=C(NC2CC(Cc3ccccc3)NC(Cc3ccccc3)C2)c2ccccc21. The summed E-state index contributed by atoms with van der Waals surface area (Å²) in [6.07, 6.45) is 4.06. The minimum atomic E-state index is 0.0976. The van der Waals surface area contributed by atoms with Gasteiger partial charge >= 0.3 is 0 Å². The van der Waals surface area contributed by atoms with E-state index in [1.54, 1.807) is 0 Å². The first-order valence-corrected chi connectivity index (χ1v) is 11.5. The molecule has 2 atom stereocenters. The second kappa shape index (κ2) is 9.49. The van der Waals surface area contributed by atoms with Gasteiger partial charge in [-0.15, -0.1) is 0 Å². The smallest absolute Gasteiger partial charge is 0.185 e. The standard InChI is InChI=1S/C28H29N3O/c32-27-19-29-28(26-14-8-7-13-25(26)27)31-24-17-22(15-20-9-3-1-4-10-20)30-23(18-24)16-21-11-5-2-6-12-21/h1-14,22-24,30H,15-19H2,(H,29,31). The number of piperidine rings is 1. The van der Waals surface area contributed by atoms with Crippen molar-refractivity contribution < 1.29 is 4.79 Å². The summed E-state index contributed by atoms with van der Waals surface area (Å²) in [6.45, 7) is 0.227. The maximum absolute atomic E-state index is 12.3. The van der Waals surface area contributed by atoms with E-state index in [1.165, 1.54) is 11.1 Å². The molecule has 4 nitrogen and oxygen atoms in total. The number of aliphatic imine (C=N–C) groups is 1. The molecule has 2 heterocycles. The monoisotopic (exact) mass is 423 g/mol. The Morgan fingerprint density at radius 3 is 1.88 bits per heavy atom. The van der Waals surface area contributed by atoms with Gasteiger partial charge in [0.1, 0.15) is 12.4 Å². The fourth-order valence-electron chi connectivity index (χ4n) is 5.02. The lowest BCUT2D eigenvalue weighted by Crippen LogP contribution is -2.54. The van der Waals surface area contributed by atoms with Crippen LogP contribution in [0.25, 0.3) is 0 Å². The maximum Gasteiger partial charge on any atom is 0.185 e. The molecule has 3 aromatic carbocycles. The Morgan fingerprint density at radius 2 is 1.28 bits per heavy atom. The third-order valence-electron chi connectivity index (χ3n) is 6.46. The van der Waals surface area contributed by atoms with Crippen LogP contribution in [0.15, 0.2) is 89.9 Å². The zero-order valence-corrected chi connectivity index (χ0v) is 18.2. The molecule has 1 saturated heterocycles. The van der Waals surface area contributed by atoms with Crippen molar-refractivity contribution in [1.29, 1.82) is 0 Å². The lowest BCUT2D eigenvalue weighted by molar-refractivity contribution is 0.0999. The first-order valence-electron chi connectivity index (χ1n) is 11.5. The lowest BCUT2D eigenvalue weighted by Gasteiger charge is -2.38. The number of nitrogens with zero attached hydrogens (tertiary/aromatic N) is 1. The average Bonchev–Trinajstić information content (AvgIpc) is 2.82. The van der Waals surface area contributed by atoms with Crippen LogP contribution in [0.3, 0.4) is 0 Å². The van der Waals surface area contributed by atoms with Crippen molar-refractivity contribution in [1.82, 2.24) is 10.6 Å². The fraction of sp³-hybridized carbons (Fsp3) is 0.286. The third-order valence-corrected chi connectivity index (χ3v) is 6.46. The topological polar surface area (TPSA) is 53.5 Å². The molecule has 162 valence electrons. The van der Waals surface area contributed by atoms with Gasteiger partial charge in [0, 0.05) is 29.3 Å². The predicted molar refractivity (Wildman–Crippen MR) is 129 cm³/mol. The van der Waals surface area contributed by atoms with Crippen molar-refractivity contribution in [3.63, 3.8) is 0 Å². The van der Waals surface area contributed by atoms with Crippen molar-refractivity contribution in [2.75, 3.05) is 6.54 Å². The predicted octanol–water partition coefficient (Wildman–Crippen LogP) is 4.19. The van der Waals surface area contributed by atoms with Gasteiger partial charge in [-0.25, -0.2) is 0 Å². The van der Waals surface area contributed by atoms with Gasteiger partial charge in [-0.05, 0) is 36.8 Å². The van der Waals surface area contributed by atoms with Crippen LogP contribution in [0.5, 0.6) is 0 Å². The summed E-state index contributed by atoms with van der Waals surface area (Å²) in [7, 11) is 0. The van der Waals surface area contributed by atoms with Crippen LogP contribution in [0.1, 0.15) is 39.9 Å². The van der Waals surface area contributed by atoms with Crippen LogP contribution in [-0.4, -0.2) is 36.3 Å². The number of Topliss-reactive ketones (excluding diaryl/α,β-unsaturated/α-hetero) is 1. The Labute approximate surface area is 189 Å². The molecule has 4 heteroatoms. The normalized spacial score (nSPS) is 22.7. The summed E-state index contributed by atoms with van der Waals surface area (Å²) in [5.41, 5.74) is 4.42. The Balaban J connectivity index is 1.35. The quantitative estimate of drug-likeness (QED) is 0.647. The highest BCUT2D eigenvalue weighted by atomic mass is 16.1. The van der Waals surface area contributed by atoms with Gasteiger partial charge in [-0.3, -0.25) is 9.79 Å². The van der Waals surface area contributed by atoms with Gasteiger partial charge in [0.05, 0.1) is 0 Å². The van der Waals surface area contributed by atoms with E-state index < -0.39 is 0 Å². The van der Waals surface area contributed by atoms with Gasteiger partial charge in [-0.2, -0.15) is 0 Å². The summed E-state index contributed by atoms with van der Waals surface area (Å²) < 4.78 is 0. The third kappa shape index (κ3) is 4.81. The summed E-state index contributed by atoms with van der Waals surface area (Å²) in [6, 6.07) is 30.3. The van der Waals surface area contributed by atoms with Gasteiger partial charge in [-0.1, -0.05) is 84.9 Å². The minimum absolute atomic E-state index is 0.0976. The number of carbonyl (C=O) groups excluding carboxylic acids is 1. The van der Waals surface area contributed by atoms with Crippen molar-refractivity contribution in [2.45, 2.75) is 43.8 Å². The van der Waals surface area contributed by atoms with E-state index in [2.05, 4.69) is 76.3 Å². The number of amidine groups is 1. The molecule has 0 bridgehead atoms. The summed E-state index contributed by atoms with van der Waals surface area (Å²) in [5, 5.41) is 7.63. The minimum Gasteiger partial charge on any atom is -0.367 e. The Hall–Kier alpha value is -3.24. The Kier molecular flexibility index (Phi) is 6.13. The van der Waals surface area contributed by atoms with Crippen LogP contribution in [-0.2, 0) is 12.8 Å². The summed E-state index contributed by atoms with van der Waals surface area (Å²) in [4.78, 5) is 16.9. The van der Waals surface area contributed by atoms with Gasteiger partial charge in [0.2, 0.25) is 0 Å². The first-order chi connectivity index (χ1) is 15.7. The van der Waals surface area contributed by atoms with Crippen LogP contribution in [0, 0.1) is 0 Å². The van der Waals surface area contributed by atoms with Gasteiger partial charge in [0.25, 0.3) is 0 Å². The number of hydrogen-bond acceptors (Lipinski definition) is 4. The lowest BCUT2D eigenvalue weighted by atomic mass is 9.87. The largest absolute Gasteiger partial charge is 0.367 e. The van der Waals surface area contributed by atoms with E-state index in [1.807, 2.05) is 24.3 Å². The van der Waals surface area contributed by atoms with Crippen molar-refractivity contribution in [2.24, 2.45) is 4.99 Å². The Morgan fingerprint density at radius 1 is 0.750 bits per heavy atom. The molecule has 2 N–H and O–H groups in total. The zero-order valence-electron chi connectivity index (χ0n) is 18.2. The Bertz CT molecular complexity index is 1040. The molecule has 5 rings (SSSR count). The van der Waals surface area contributed by atoms with E-state index in [4.69, 9.17) is 0 Å². The molecule has 2 aliphatic rings. The number of fused-ring (bicyclic) bond motifs is 1. The van der Waals surface area contributed by atoms with E-state index >= 15 is 0 Å². The highest BCUT2D eigenvalue weighted by Gasteiger charge is 2.30. The average molecular weight is 424 g/mol. The van der Waals surface area contributed by atoms with E-state index in [-0.39, 0.29) is 12.3 Å². The second-order valence-corrected chi connectivity index (χ2v) is 8.89. The number of carbonyl (C=O) groups is 1. The number of rotatable bonds is 5. The van der Waals surface area contributed by atoms with Crippen LogP contribution < -0.4 is 10.6 Å². The highest BCUT2D eigenvalue weighted by Crippen LogP contribution is 2.22. The molecule has 0 radical (unpaired) electrons. The van der Waals surface area contributed by atoms with E-state index in [0.29, 0.717) is 18.1 Å². The van der Waals surface area contributed by atoms with Crippen molar-refractivity contribution in [3.05, 3.63) is 107 Å². The molecule has 1 fully saturated rings. The molecule has 3 aromatic rings. The van der Waals surface area contributed by atoms with Gasteiger partial charge in [0.15, 0.2) is 5.78 Å². The van der Waals surface area contributed by atoms with Gasteiger partial charge < -0.3 is 10.6 Å². The zero-order chi connectivity index (χ0) is 21.8. The molecular formula is C28H29N3O. The molecule has 32 heavy (non-hydrogen) atoms. The molecule has 0 spiro atoms. The molecule has 0 saturated carbocycles. The number of nitrogens with one attached hydrogen (secondary N) is 2. The van der Waals surface area contributed by atoms with Crippen molar-refractivity contribution >= 4 is 11.6 Å². The molecule has 2 unspecified atom stereocenters. The number of benzene rings is 3. The molecular weight excluding hydrogens is 394 g/mol. The highest BCUT2D eigenvalue weighted by molar-refractivity contribution is 6.14. The van der Waals surface area contributed by atoms with Crippen molar-refractivity contribution in [3.8, 4) is 0 Å². The maximum atomic E-state index is 12.3. The van der Waals surface area contributed by atoms with E-state index in [0.717, 1.165) is 42.6 Å². The van der Waals surface area contributed by atoms with Crippen LogP contribution in [0.4, 0.5) is 0 Å². The first kappa shape index (κ1) is 20.7. The molecule has 0 aliphatic carbocycles. The molecule has 2 aliphatic heterocycles. The summed E-state index contributed by atoms with van der Waals surface area (Å²) >= 11 is 0. The fourth-order valence-corrected chi connectivity index (χ4v) is 5.02. The molecule has 0 amide bonds. The summed E-state index contributed by atoms with van der Waals surface area (Å²) in [5.74, 6) is 0.962.